The van der Waals surface area contributed by atoms with Crippen LogP contribution in [0, 0.1) is 0 Å². The number of amides is 2. The molecule has 3 N–H and O–H groups in total. The fraction of sp³-hybridized carbons (Fsp3) is 0.571. The Labute approximate surface area is 124 Å². The summed E-state index contributed by atoms with van der Waals surface area (Å²) >= 11 is 0. The van der Waals surface area contributed by atoms with Crippen LogP contribution < -0.4 is 15.4 Å². The number of nitrogens with zero attached hydrogens (tertiary/aromatic N) is 1. The summed E-state index contributed by atoms with van der Waals surface area (Å²) in [4.78, 5) is 15.8. The maximum atomic E-state index is 11.7. The first-order valence-corrected chi connectivity index (χ1v) is 6.92. The number of hydrogen-bond acceptors (Lipinski definition) is 5. The number of aliphatic hydroxyl groups is 1. The number of anilines is 1. The Morgan fingerprint density at radius 2 is 2.24 bits per heavy atom. The minimum atomic E-state index is -0.296. The van der Waals surface area contributed by atoms with Crippen molar-refractivity contribution in [2.45, 2.75) is 25.8 Å². The molecule has 0 spiro atoms. The van der Waals surface area contributed by atoms with E-state index in [1.807, 2.05) is 6.92 Å². The summed E-state index contributed by atoms with van der Waals surface area (Å²) < 4.78 is 10.2. The summed E-state index contributed by atoms with van der Waals surface area (Å²) in [5.41, 5.74) is 0.584. The fourth-order valence-electron chi connectivity index (χ4n) is 1.63. The summed E-state index contributed by atoms with van der Waals surface area (Å²) in [6.07, 6.45) is 2.92. The summed E-state index contributed by atoms with van der Waals surface area (Å²) in [7, 11) is 1.60. The highest BCUT2D eigenvalue weighted by Gasteiger charge is 2.07. The lowest BCUT2D eigenvalue weighted by molar-refractivity contribution is 0.144. The number of nitrogens with one attached hydrogen (secondary N) is 2. The third-order valence-electron chi connectivity index (χ3n) is 2.70. The Morgan fingerprint density at radius 1 is 1.43 bits per heavy atom. The number of methoxy groups -OCH3 is 1. The van der Waals surface area contributed by atoms with Crippen LogP contribution in [0.15, 0.2) is 18.3 Å². The van der Waals surface area contributed by atoms with Gasteiger partial charge in [-0.1, -0.05) is 0 Å². The monoisotopic (exact) mass is 297 g/mol. The van der Waals surface area contributed by atoms with Crippen molar-refractivity contribution in [3.8, 4) is 5.88 Å². The molecule has 0 aliphatic carbocycles. The van der Waals surface area contributed by atoms with Crippen LogP contribution in [-0.2, 0) is 4.74 Å². The van der Waals surface area contributed by atoms with Gasteiger partial charge in [0.15, 0.2) is 0 Å². The Balaban J connectivity index is 2.35. The summed E-state index contributed by atoms with van der Waals surface area (Å²) in [5, 5.41) is 14.2. The van der Waals surface area contributed by atoms with E-state index in [-0.39, 0.29) is 18.7 Å². The molecule has 1 unspecified atom stereocenters. The average molecular weight is 297 g/mol. The number of aromatic nitrogens is 1. The number of pyridine rings is 1. The van der Waals surface area contributed by atoms with Crippen molar-refractivity contribution >= 4 is 11.7 Å². The van der Waals surface area contributed by atoms with Crippen LogP contribution in [0.2, 0.25) is 0 Å². The van der Waals surface area contributed by atoms with Gasteiger partial charge in [0.1, 0.15) is 6.61 Å². The Bertz CT molecular complexity index is 411. The van der Waals surface area contributed by atoms with Crippen LogP contribution in [0.1, 0.15) is 19.8 Å². The van der Waals surface area contributed by atoms with Crippen LogP contribution >= 0.6 is 0 Å². The fourth-order valence-corrected chi connectivity index (χ4v) is 1.63. The number of aliphatic hydroxyl groups excluding tert-OH is 1. The van der Waals surface area contributed by atoms with E-state index in [9.17, 15) is 4.79 Å². The van der Waals surface area contributed by atoms with Gasteiger partial charge in [0.2, 0.25) is 5.88 Å². The van der Waals surface area contributed by atoms with Gasteiger partial charge >= 0.3 is 6.03 Å². The minimum Gasteiger partial charge on any atom is -0.475 e. The van der Waals surface area contributed by atoms with E-state index in [1.165, 1.54) is 6.20 Å². The van der Waals surface area contributed by atoms with Crippen molar-refractivity contribution in [2.75, 3.05) is 32.2 Å². The molecule has 1 rings (SSSR count). The highest BCUT2D eigenvalue weighted by Crippen LogP contribution is 2.11. The van der Waals surface area contributed by atoms with E-state index in [0.717, 1.165) is 6.42 Å². The molecule has 1 aromatic heterocycles. The lowest BCUT2D eigenvalue weighted by Gasteiger charge is -2.14. The van der Waals surface area contributed by atoms with Gasteiger partial charge in [-0.25, -0.2) is 9.78 Å². The van der Waals surface area contributed by atoms with Gasteiger partial charge in [0, 0.05) is 25.8 Å². The highest BCUT2D eigenvalue weighted by molar-refractivity contribution is 5.89. The normalized spacial score (nSPS) is 11.8. The zero-order valence-electron chi connectivity index (χ0n) is 12.5. The zero-order valence-corrected chi connectivity index (χ0v) is 12.5. The molecule has 2 amide bonds. The maximum absolute atomic E-state index is 11.7. The highest BCUT2D eigenvalue weighted by atomic mass is 16.5. The van der Waals surface area contributed by atoms with E-state index in [2.05, 4.69) is 15.6 Å². The van der Waals surface area contributed by atoms with E-state index >= 15 is 0 Å². The van der Waals surface area contributed by atoms with Crippen molar-refractivity contribution in [1.82, 2.24) is 10.3 Å². The molecule has 0 aliphatic heterocycles. The molecule has 118 valence electrons. The van der Waals surface area contributed by atoms with Crippen molar-refractivity contribution in [3.05, 3.63) is 18.3 Å². The Hall–Kier alpha value is -1.86. The molecular formula is C14H23N3O4. The first kappa shape index (κ1) is 17.2. The third kappa shape index (κ3) is 7.48. The molecule has 0 fully saturated rings. The first-order chi connectivity index (χ1) is 10.2. The standard InChI is InChI=1S/C14H23N3O4/c1-11(4-3-7-18)16-14(19)17-12-5-6-13(15-10-12)21-9-8-20-2/h5-6,10-11,18H,3-4,7-9H2,1-2H3,(H2,16,17,19). The van der Waals surface area contributed by atoms with Crippen LogP contribution in [0.25, 0.3) is 0 Å². The molecule has 7 nitrogen and oxygen atoms in total. The SMILES string of the molecule is COCCOc1ccc(NC(=O)NC(C)CCCO)cn1. The number of urea groups is 1. The largest absolute Gasteiger partial charge is 0.475 e. The van der Waals surface area contributed by atoms with Gasteiger partial charge in [-0.05, 0) is 25.8 Å². The van der Waals surface area contributed by atoms with E-state index in [0.29, 0.717) is 31.2 Å². The average Bonchev–Trinajstić information content (AvgIpc) is 2.47. The zero-order chi connectivity index (χ0) is 15.5. The number of carbonyl (C=O) groups is 1. The first-order valence-electron chi connectivity index (χ1n) is 6.92. The smallest absolute Gasteiger partial charge is 0.319 e. The quantitative estimate of drug-likeness (QED) is 0.599. The van der Waals surface area contributed by atoms with Crippen LogP contribution in [0.4, 0.5) is 10.5 Å². The summed E-state index contributed by atoms with van der Waals surface area (Å²) in [6.45, 7) is 2.94. The molecule has 0 saturated heterocycles. The molecule has 0 bridgehead atoms. The number of rotatable bonds is 9. The van der Waals surface area contributed by atoms with Gasteiger partial charge < -0.3 is 25.2 Å². The molecule has 1 atom stereocenters. The second kappa shape index (κ2) is 9.95. The van der Waals surface area contributed by atoms with Crippen molar-refractivity contribution in [3.63, 3.8) is 0 Å². The lowest BCUT2D eigenvalue weighted by atomic mass is 10.2. The second-order valence-corrected chi connectivity index (χ2v) is 4.59. The van der Waals surface area contributed by atoms with Crippen LogP contribution in [0.5, 0.6) is 5.88 Å². The Morgan fingerprint density at radius 3 is 2.86 bits per heavy atom. The van der Waals surface area contributed by atoms with E-state index in [4.69, 9.17) is 14.6 Å². The van der Waals surface area contributed by atoms with Gasteiger partial charge in [-0.2, -0.15) is 0 Å². The van der Waals surface area contributed by atoms with E-state index in [1.54, 1.807) is 19.2 Å². The predicted molar refractivity (Wildman–Crippen MR) is 79.5 cm³/mol. The molecule has 1 aromatic rings. The number of hydrogen-bond donors (Lipinski definition) is 3. The van der Waals surface area contributed by atoms with Crippen molar-refractivity contribution in [1.29, 1.82) is 0 Å². The molecule has 7 heteroatoms. The third-order valence-corrected chi connectivity index (χ3v) is 2.70. The molecule has 0 saturated carbocycles. The molecule has 0 radical (unpaired) electrons. The topological polar surface area (TPSA) is 92.7 Å². The van der Waals surface area contributed by atoms with Crippen molar-refractivity contribution < 1.29 is 19.4 Å². The predicted octanol–water partition coefficient (Wildman–Crippen LogP) is 1.39. The van der Waals surface area contributed by atoms with Gasteiger partial charge in [-0.15, -0.1) is 0 Å². The maximum Gasteiger partial charge on any atom is 0.319 e. The molecular weight excluding hydrogens is 274 g/mol. The molecule has 21 heavy (non-hydrogen) atoms. The Kier molecular flexibility index (Phi) is 8.15. The number of ether oxygens (including phenoxy) is 2. The summed E-state index contributed by atoms with van der Waals surface area (Å²) in [6, 6.07) is 3.10. The van der Waals surface area contributed by atoms with Crippen LogP contribution in [-0.4, -0.2) is 49.1 Å². The van der Waals surface area contributed by atoms with E-state index < -0.39 is 0 Å². The molecule has 0 aliphatic rings. The van der Waals surface area contributed by atoms with Crippen LogP contribution in [0.3, 0.4) is 0 Å². The molecule has 0 aromatic carbocycles. The minimum absolute atomic E-state index is 0.00163. The molecule has 1 heterocycles. The van der Waals surface area contributed by atoms with Gasteiger partial charge in [0.25, 0.3) is 0 Å². The summed E-state index contributed by atoms with van der Waals surface area (Å²) in [5.74, 6) is 0.481. The second-order valence-electron chi connectivity index (χ2n) is 4.59. The van der Waals surface area contributed by atoms with Gasteiger partial charge in [0.05, 0.1) is 18.5 Å². The van der Waals surface area contributed by atoms with Crippen molar-refractivity contribution in [2.24, 2.45) is 0 Å². The lowest BCUT2D eigenvalue weighted by Crippen LogP contribution is -2.36. The number of carbonyl (C=O) groups excluding carboxylic acids is 1. The van der Waals surface area contributed by atoms with Gasteiger partial charge in [-0.3, -0.25) is 0 Å².